The molecule has 6 nitrogen and oxygen atoms in total. The highest BCUT2D eigenvalue weighted by Gasteiger charge is 2.07. The molecule has 0 aliphatic carbocycles. The Morgan fingerprint density at radius 2 is 1.77 bits per heavy atom. The minimum atomic E-state index is -0.400. The van der Waals surface area contributed by atoms with Crippen molar-refractivity contribution in [3.05, 3.63) is 76.3 Å². The summed E-state index contributed by atoms with van der Waals surface area (Å²) in [5.74, 6) is 0.875. The van der Waals surface area contributed by atoms with E-state index < -0.39 is 4.92 Å². The maximum atomic E-state index is 10.7. The second kappa shape index (κ2) is 8.31. The summed E-state index contributed by atoms with van der Waals surface area (Å²) in [6.07, 6.45) is 0. The van der Waals surface area contributed by atoms with E-state index in [1.807, 2.05) is 18.2 Å². The molecule has 0 saturated heterocycles. The van der Waals surface area contributed by atoms with Crippen LogP contribution in [0, 0.1) is 10.1 Å². The smallest absolute Gasteiger partial charge is 0.269 e. The number of nitro benzene ring substituents is 1. The van der Waals surface area contributed by atoms with Crippen LogP contribution in [0.2, 0.25) is 0 Å². The number of ether oxygens (including phenoxy) is 1. The third-order valence-electron chi connectivity index (χ3n) is 4.23. The second-order valence-electron chi connectivity index (χ2n) is 5.88. The molecule has 0 fully saturated rings. The van der Waals surface area contributed by atoms with Crippen molar-refractivity contribution in [1.82, 2.24) is 5.32 Å². The van der Waals surface area contributed by atoms with Crippen molar-refractivity contribution >= 4 is 22.1 Å². The monoisotopic (exact) mass is 351 g/mol. The minimum Gasteiger partial charge on any atom is -0.496 e. The largest absolute Gasteiger partial charge is 0.496 e. The second-order valence-corrected chi connectivity index (χ2v) is 5.88. The van der Waals surface area contributed by atoms with Crippen molar-refractivity contribution in [3.63, 3.8) is 0 Å². The molecule has 0 spiro atoms. The van der Waals surface area contributed by atoms with Crippen molar-refractivity contribution in [2.24, 2.45) is 0 Å². The average molecular weight is 351 g/mol. The van der Waals surface area contributed by atoms with Crippen LogP contribution >= 0.6 is 0 Å². The number of methoxy groups -OCH3 is 1. The van der Waals surface area contributed by atoms with Crippen LogP contribution < -0.4 is 15.4 Å². The number of nitrogens with zero attached hydrogens (tertiary/aromatic N) is 1. The van der Waals surface area contributed by atoms with E-state index in [0.29, 0.717) is 13.1 Å². The molecule has 3 rings (SSSR count). The van der Waals surface area contributed by atoms with E-state index in [0.717, 1.165) is 23.5 Å². The van der Waals surface area contributed by atoms with Gasteiger partial charge in [-0.1, -0.05) is 30.3 Å². The van der Waals surface area contributed by atoms with E-state index >= 15 is 0 Å². The molecular weight excluding hydrogens is 330 g/mol. The van der Waals surface area contributed by atoms with Crippen LogP contribution in [0.25, 0.3) is 10.8 Å². The number of rotatable bonds is 8. The zero-order chi connectivity index (χ0) is 18.4. The maximum absolute atomic E-state index is 10.7. The molecule has 0 unspecified atom stereocenters. The third-order valence-corrected chi connectivity index (χ3v) is 4.23. The quantitative estimate of drug-likeness (QED) is 0.365. The number of nitro groups is 1. The summed E-state index contributed by atoms with van der Waals surface area (Å²) in [6, 6.07) is 18.7. The van der Waals surface area contributed by atoms with Gasteiger partial charge in [-0.25, -0.2) is 0 Å². The van der Waals surface area contributed by atoms with Gasteiger partial charge in [0.15, 0.2) is 0 Å². The maximum Gasteiger partial charge on any atom is 0.269 e. The Labute approximate surface area is 151 Å². The molecule has 3 aromatic rings. The highest BCUT2D eigenvalue weighted by Crippen LogP contribution is 2.27. The molecule has 0 heterocycles. The molecule has 26 heavy (non-hydrogen) atoms. The topological polar surface area (TPSA) is 76.4 Å². The van der Waals surface area contributed by atoms with E-state index in [1.54, 1.807) is 19.2 Å². The van der Waals surface area contributed by atoms with Gasteiger partial charge in [-0.15, -0.1) is 0 Å². The van der Waals surface area contributed by atoms with Crippen LogP contribution in [0.1, 0.15) is 5.56 Å². The van der Waals surface area contributed by atoms with Crippen LogP contribution in [0.15, 0.2) is 60.7 Å². The van der Waals surface area contributed by atoms with E-state index in [4.69, 9.17) is 4.74 Å². The average Bonchev–Trinajstić information content (AvgIpc) is 2.68. The first-order valence-corrected chi connectivity index (χ1v) is 8.42. The Bertz CT molecular complexity index is 894. The van der Waals surface area contributed by atoms with Gasteiger partial charge in [0, 0.05) is 43.0 Å². The lowest BCUT2D eigenvalue weighted by Crippen LogP contribution is -2.22. The Kier molecular flexibility index (Phi) is 5.66. The highest BCUT2D eigenvalue weighted by atomic mass is 16.6. The SMILES string of the molecule is COc1ccc2ccccc2c1CNCCNc1ccc([N+](=O)[O-])cc1. The lowest BCUT2D eigenvalue weighted by atomic mass is 10.0. The van der Waals surface area contributed by atoms with Gasteiger partial charge in [0.25, 0.3) is 5.69 Å². The van der Waals surface area contributed by atoms with E-state index in [-0.39, 0.29) is 5.69 Å². The van der Waals surface area contributed by atoms with Crippen molar-refractivity contribution < 1.29 is 9.66 Å². The van der Waals surface area contributed by atoms with Gasteiger partial charge in [0.05, 0.1) is 12.0 Å². The molecule has 2 N–H and O–H groups in total. The summed E-state index contributed by atoms with van der Waals surface area (Å²) in [5, 5.41) is 19.7. The molecule has 0 aliphatic heterocycles. The third kappa shape index (κ3) is 4.10. The first-order chi connectivity index (χ1) is 12.7. The number of benzene rings is 3. The molecule has 6 heteroatoms. The van der Waals surface area contributed by atoms with Gasteiger partial charge in [0.1, 0.15) is 5.75 Å². The first kappa shape index (κ1) is 17.7. The van der Waals surface area contributed by atoms with Gasteiger partial charge in [-0.05, 0) is 29.0 Å². The van der Waals surface area contributed by atoms with Crippen molar-refractivity contribution in [2.75, 3.05) is 25.5 Å². The van der Waals surface area contributed by atoms with Gasteiger partial charge in [-0.2, -0.15) is 0 Å². The fourth-order valence-electron chi connectivity index (χ4n) is 2.90. The summed E-state index contributed by atoms with van der Waals surface area (Å²) in [6.45, 7) is 2.17. The van der Waals surface area contributed by atoms with Gasteiger partial charge < -0.3 is 15.4 Å². The molecular formula is C20H21N3O3. The summed E-state index contributed by atoms with van der Waals surface area (Å²) in [5.41, 5.74) is 2.10. The molecule has 0 aliphatic rings. The van der Waals surface area contributed by atoms with E-state index in [2.05, 4.69) is 28.8 Å². The van der Waals surface area contributed by atoms with Gasteiger partial charge >= 0.3 is 0 Å². The number of hydrogen-bond acceptors (Lipinski definition) is 5. The Morgan fingerprint density at radius 1 is 1.00 bits per heavy atom. The number of non-ortho nitro benzene ring substituents is 1. The minimum absolute atomic E-state index is 0.0942. The number of hydrogen-bond donors (Lipinski definition) is 2. The molecule has 0 bridgehead atoms. The standard InChI is InChI=1S/C20H21N3O3/c1-26-20-11-6-15-4-2-3-5-18(15)19(20)14-21-12-13-22-16-7-9-17(10-8-16)23(24)25/h2-11,21-22H,12-14H2,1H3. The fourth-order valence-corrected chi connectivity index (χ4v) is 2.90. The lowest BCUT2D eigenvalue weighted by molar-refractivity contribution is -0.384. The van der Waals surface area contributed by atoms with Crippen LogP contribution in [-0.4, -0.2) is 25.1 Å². The molecule has 0 aromatic heterocycles. The molecule has 0 amide bonds. The van der Waals surface area contributed by atoms with Crippen LogP contribution in [-0.2, 0) is 6.54 Å². The summed E-state index contributed by atoms with van der Waals surface area (Å²) < 4.78 is 5.50. The highest BCUT2D eigenvalue weighted by molar-refractivity contribution is 5.87. The zero-order valence-corrected chi connectivity index (χ0v) is 14.6. The first-order valence-electron chi connectivity index (χ1n) is 8.42. The van der Waals surface area contributed by atoms with Crippen LogP contribution in [0.3, 0.4) is 0 Å². The number of anilines is 1. The molecule has 3 aromatic carbocycles. The number of nitrogens with one attached hydrogen (secondary N) is 2. The number of fused-ring (bicyclic) bond motifs is 1. The Morgan fingerprint density at radius 3 is 2.50 bits per heavy atom. The van der Waals surface area contributed by atoms with E-state index in [9.17, 15) is 10.1 Å². The van der Waals surface area contributed by atoms with Gasteiger partial charge in [-0.3, -0.25) is 10.1 Å². The summed E-state index contributed by atoms with van der Waals surface area (Å²) in [7, 11) is 1.68. The van der Waals surface area contributed by atoms with Crippen molar-refractivity contribution in [3.8, 4) is 5.75 Å². The molecule has 0 atom stereocenters. The summed E-state index contributed by atoms with van der Waals surface area (Å²) >= 11 is 0. The summed E-state index contributed by atoms with van der Waals surface area (Å²) in [4.78, 5) is 10.3. The van der Waals surface area contributed by atoms with Crippen molar-refractivity contribution in [2.45, 2.75) is 6.54 Å². The van der Waals surface area contributed by atoms with Gasteiger partial charge in [0.2, 0.25) is 0 Å². The Balaban J connectivity index is 1.55. The normalized spacial score (nSPS) is 10.7. The molecule has 0 saturated carbocycles. The lowest BCUT2D eigenvalue weighted by Gasteiger charge is -2.13. The Hall–Kier alpha value is -3.12. The van der Waals surface area contributed by atoms with Crippen molar-refractivity contribution in [1.29, 1.82) is 0 Å². The van der Waals surface area contributed by atoms with E-state index in [1.165, 1.54) is 22.9 Å². The van der Waals surface area contributed by atoms with Crippen LogP contribution in [0.4, 0.5) is 11.4 Å². The molecule has 0 radical (unpaired) electrons. The molecule has 134 valence electrons. The van der Waals surface area contributed by atoms with Crippen LogP contribution in [0.5, 0.6) is 5.75 Å². The predicted molar refractivity (Wildman–Crippen MR) is 104 cm³/mol. The predicted octanol–water partition coefficient (Wildman–Crippen LogP) is 3.96. The zero-order valence-electron chi connectivity index (χ0n) is 14.6. The fraction of sp³-hybridized carbons (Fsp3) is 0.200.